The molecule has 3 rings (SSSR count). The summed E-state index contributed by atoms with van der Waals surface area (Å²) in [4.78, 5) is 7.36. The van der Waals surface area contributed by atoms with Crippen molar-refractivity contribution in [1.29, 1.82) is 0 Å². The van der Waals surface area contributed by atoms with Gasteiger partial charge in [0.05, 0.1) is 5.72 Å². The summed E-state index contributed by atoms with van der Waals surface area (Å²) in [7, 11) is 2.17. The molecule has 0 spiro atoms. The number of H-pyrrole nitrogens is 1. The Balaban J connectivity index is 1.64. The maximum atomic E-state index is 4.24. The first-order chi connectivity index (χ1) is 10.9. The molecule has 1 aromatic heterocycles. The van der Waals surface area contributed by atoms with Gasteiger partial charge in [-0.2, -0.15) is 0 Å². The number of nitrogens with zero attached hydrogens (tertiary/aromatic N) is 1. The molecule has 0 amide bonds. The molecule has 2 nitrogen and oxygen atoms in total. The number of hydrogen-bond donors (Lipinski definition) is 1. The minimum atomic E-state index is 0.465. The number of rotatable bonds is 7. The highest BCUT2D eigenvalue weighted by Gasteiger charge is 2.13. The Hall–Kier alpha value is -2.29. The summed E-state index contributed by atoms with van der Waals surface area (Å²) in [5, 5.41) is 0. The van der Waals surface area contributed by atoms with Crippen LogP contribution in [0.3, 0.4) is 0 Å². The van der Waals surface area contributed by atoms with Crippen molar-refractivity contribution < 1.29 is 0 Å². The number of imidazole rings is 1. The molecule has 0 unspecified atom stereocenters. The van der Waals surface area contributed by atoms with Crippen molar-refractivity contribution in [3.63, 3.8) is 0 Å². The number of nitrogens with one attached hydrogen (secondary N) is 1. The van der Waals surface area contributed by atoms with E-state index in [1.165, 1.54) is 11.1 Å². The van der Waals surface area contributed by atoms with E-state index in [0.717, 1.165) is 24.9 Å². The Morgan fingerprint density at radius 2 is 1.55 bits per heavy atom. The highest BCUT2D eigenvalue weighted by Crippen LogP contribution is 2.29. The predicted molar refractivity (Wildman–Crippen MR) is 92.7 cm³/mol. The van der Waals surface area contributed by atoms with Gasteiger partial charge in [-0.3, -0.25) is 4.98 Å². The van der Waals surface area contributed by atoms with Crippen LogP contribution in [-0.4, -0.2) is 17.2 Å². The van der Waals surface area contributed by atoms with Crippen molar-refractivity contribution in [2.24, 2.45) is 0 Å². The van der Waals surface area contributed by atoms with E-state index < -0.39 is 0 Å². The van der Waals surface area contributed by atoms with E-state index >= 15 is 0 Å². The predicted octanol–water partition coefficient (Wildman–Crippen LogP) is 3.77. The van der Waals surface area contributed by atoms with Crippen LogP contribution < -0.4 is 5.72 Å². The maximum absolute atomic E-state index is 4.24. The number of aromatic amines is 1. The minimum Gasteiger partial charge on any atom is -0.357 e. The second-order valence-electron chi connectivity index (χ2n) is 5.48. The number of benzene rings is 2. The minimum absolute atomic E-state index is 0.465. The monoisotopic (exact) mass is 287 g/mol. The molecule has 0 saturated carbocycles. The van der Waals surface area contributed by atoms with Crippen LogP contribution in [0.1, 0.15) is 29.9 Å². The fourth-order valence-electron chi connectivity index (χ4n) is 2.85. The van der Waals surface area contributed by atoms with Gasteiger partial charge in [0, 0.05) is 18.3 Å². The molecular weight excluding hydrogens is 267 g/mol. The summed E-state index contributed by atoms with van der Waals surface area (Å²) >= 11 is 0. The molecule has 0 atom stereocenters. The number of aromatic nitrogens is 2. The van der Waals surface area contributed by atoms with E-state index in [0.29, 0.717) is 5.92 Å². The van der Waals surface area contributed by atoms with Crippen LogP contribution in [0.4, 0.5) is 0 Å². The van der Waals surface area contributed by atoms with Gasteiger partial charge in [-0.05, 0) is 17.5 Å². The smallest absolute Gasteiger partial charge is 0.201 e. The van der Waals surface area contributed by atoms with E-state index in [1.807, 2.05) is 6.20 Å². The lowest BCUT2D eigenvalue weighted by Crippen LogP contribution is -2.17. The standard InChI is InChI=1S/C19H20BN2/c1-3-8-16(9-4-1)18(17-10-5-2-6-11-17)12-7-13-20-19-21-14-15-22-19/h1-6,8-11,14-15,18H,7,12-13H2,(H,21,22). The quantitative estimate of drug-likeness (QED) is 0.520. The van der Waals surface area contributed by atoms with Crippen molar-refractivity contribution in [2.75, 3.05) is 0 Å². The third-order valence-corrected chi connectivity index (χ3v) is 3.96. The van der Waals surface area contributed by atoms with Gasteiger partial charge in [-0.25, -0.2) is 0 Å². The molecule has 0 bridgehead atoms. The van der Waals surface area contributed by atoms with Gasteiger partial charge in [0.1, 0.15) is 0 Å². The van der Waals surface area contributed by atoms with Crippen LogP contribution in [0.25, 0.3) is 0 Å². The average Bonchev–Trinajstić information content (AvgIpc) is 3.10. The lowest BCUT2D eigenvalue weighted by molar-refractivity contribution is 0.697. The molecule has 2 aromatic carbocycles. The molecule has 0 fully saturated rings. The molecule has 0 aliphatic rings. The van der Waals surface area contributed by atoms with Crippen LogP contribution in [0.2, 0.25) is 6.32 Å². The van der Waals surface area contributed by atoms with Crippen molar-refractivity contribution in [3.05, 3.63) is 84.2 Å². The Bertz CT molecular complexity index is 611. The summed E-state index contributed by atoms with van der Waals surface area (Å²) in [6.45, 7) is 0. The molecular formula is C19H20BN2. The number of hydrogen-bond acceptors (Lipinski definition) is 1. The van der Waals surface area contributed by atoms with Gasteiger partial charge in [-0.1, -0.05) is 73.4 Å². The normalized spacial score (nSPS) is 10.8. The van der Waals surface area contributed by atoms with Gasteiger partial charge < -0.3 is 4.98 Å². The SMILES string of the molecule is [B](CCCC(c1ccccc1)c1ccccc1)c1ncc[nH]1. The van der Waals surface area contributed by atoms with Crippen LogP contribution in [0, 0.1) is 0 Å². The molecule has 1 radical (unpaired) electrons. The fourth-order valence-corrected chi connectivity index (χ4v) is 2.85. The molecule has 3 aromatic rings. The summed E-state index contributed by atoms with van der Waals surface area (Å²) < 4.78 is 0. The molecule has 3 heteroatoms. The molecule has 1 heterocycles. The van der Waals surface area contributed by atoms with Crippen molar-refractivity contribution in [2.45, 2.75) is 25.1 Å². The molecule has 0 aliphatic carbocycles. The summed E-state index contributed by atoms with van der Waals surface area (Å²) in [6, 6.07) is 21.6. The maximum Gasteiger partial charge on any atom is 0.201 e. The van der Waals surface area contributed by atoms with Crippen molar-refractivity contribution in [3.8, 4) is 0 Å². The third kappa shape index (κ3) is 3.88. The largest absolute Gasteiger partial charge is 0.357 e. The molecule has 22 heavy (non-hydrogen) atoms. The fraction of sp³-hybridized carbons (Fsp3) is 0.211. The van der Waals surface area contributed by atoms with E-state index in [4.69, 9.17) is 0 Å². The molecule has 1 N–H and O–H groups in total. The summed E-state index contributed by atoms with van der Waals surface area (Å²) in [5.74, 6) is 0.465. The van der Waals surface area contributed by atoms with Crippen LogP contribution >= 0.6 is 0 Å². The van der Waals surface area contributed by atoms with Crippen LogP contribution in [-0.2, 0) is 0 Å². The van der Waals surface area contributed by atoms with Crippen LogP contribution in [0.5, 0.6) is 0 Å². The van der Waals surface area contributed by atoms with Gasteiger partial charge >= 0.3 is 0 Å². The highest BCUT2D eigenvalue weighted by atomic mass is 14.9. The first-order valence-corrected chi connectivity index (χ1v) is 7.86. The van der Waals surface area contributed by atoms with Gasteiger partial charge in [0.25, 0.3) is 0 Å². The van der Waals surface area contributed by atoms with Crippen LogP contribution in [0.15, 0.2) is 73.1 Å². The zero-order valence-corrected chi connectivity index (χ0v) is 12.7. The van der Waals surface area contributed by atoms with Gasteiger partial charge in [-0.15, -0.1) is 0 Å². The molecule has 0 saturated heterocycles. The van der Waals surface area contributed by atoms with E-state index in [9.17, 15) is 0 Å². The Morgan fingerprint density at radius 1 is 0.909 bits per heavy atom. The first kappa shape index (κ1) is 14.6. The van der Waals surface area contributed by atoms with E-state index in [1.54, 1.807) is 6.20 Å². The van der Waals surface area contributed by atoms with Gasteiger partial charge in [0.2, 0.25) is 7.28 Å². The third-order valence-electron chi connectivity index (χ3n) is 3.96. The van der Waals surface area contributed by atoms with E-state index in [-0.39, 0.29) is 0 Å². The van der Waals surface area contributed by atoms with Crippen molar-refractivity contribution >= 4 is 13.0 Å². The topological polar surface area (TPSA) is 28.7 Å². The molecule has 109 valence electrons. The summed E-state index contributed by atoms with van der Waals surface area (Å²) in [6.07, 6.45) is 7.00. The average molecular weight is 287 g/mol. The zero-order chi connectivity index (χ0) is 15.0. The second-order valence-corrected chi connectivity index (χ2v) is 5.48. The highest BCUT2D eigenvalue weighted by molar-refractivity contribution is 6.51. The van der Waals surface area contributed by atoms with Gasteiger partial charge in [0.15, 0.2) is 0 Å². The first-order valence-electron chi connectivity index (χ1n) is 7.86. The lowest BCUT2D eigenvalue weighted by Gasteiger charge is -2.18. The zero-order valence-electron chi connectivity index (χ0n) is 12.7. The summed E-state index contributed by atoms with van der Waals surface area (Å²) in [5.41, 5.74) is 3.76. The molecule has 0 aliphatic heterocycles. The Labute approximate surface area is 132 Å². The lowest BCUT2D eigenvalue weighted by atomic mass is 9.71. The van der Waals surface area contributed by atoms with E-state index in [2.05, 4.69) is 77.9 Å². The Morgan fingerprint density at radius 3 is 2.09 bits per heavy atom. The second kappa shape index (κ2) is 7.65. The van der Waals surface area contributed by atoms with Crippen molar-refractivity contribution in [1.82, 2.24) is 9.97 Å². The Kier molecular flexibility index (Phi) is 5.09.